The van der Waals surface area contributed by atoms with Crippen molar-refractivity contribution in [3.63, 3.8) is 0 Å². The second kappa shape index (κ2) is 18.8. The first kappa shape index (κ1) is 44.8. The first-order valence-corrected chi connectivity index (χ1v) is 22.8. The summed E-state index contributed by atoms with van der Waals surface area (Å²) in [7, 11) is 3.15. The minimum atomic E-state index is -1.07. The summed E-state index contributed by atoms with van der Waals surface area (Å²) in [6.07, 6.45) is 11.6. The predicted octanol–water partition coefficient (Wildman–Crippen LogP) is 8.10. The fourth-order valence-electron chi connectivity index (χ4n) is 9.67. The van der Waals surface area contributed by atoms with Crippen LogP contribution in [0.2, 0.25) is 5.02 Å². The van der Waals surface area contributed by atoms with E-state index in [0.717, 1.165) is 44.3 Å². The smallest absolute Gasteiger partial charge is 0.328 e. The number of benzene rings is 3. The molecule has 0 radical (unpaired) electrons. The number of carbonyl (C=O) groups excluding carboxylic acids is 4. The lowest BCUT2D eigenvalue weighted by Gasteiger charge is -2.41. The Morgan fingerprint density at radius 2 is 1.67 bits per heavy atom. The summed E-state index contributed by atoms with van der Waals surface area (Å²) in [4.78, 5) is 62.3. The minimum absolute atomic E-state index is 0.0101. The van der Waals surface area contributed by atoms with E-state index >= 15 is 13.2 Å². The molecular formula is C49H51ClF3N9O4. The van der Waals surface area contributed by atoms with E-state index in [1.54, 1.807) is 54.3 Å². The van der Waals surface area contributed by atoms with Crippen molar-refractivity contribution in [3.8, 4) is 11.1 Å². The Labute approximate surface area is 385 Å². The lowest BCUT2D eigenvalue weighted by Crippen LogP contribution is -2.49. The SMILES string of the molecule is CN(C)C(=O)c1cc2c(-c3ccc(N4CCC(N5CCC(=Cc6ccc(Cl)c(N7CCC(=O)NC7=O)c6)CC5)CC4)c(F)c3F)cc(C3=CCCN(C(=O)CCn4cccn4)C3)c(F)c2[nH]1. The van der Waals surface area contributed by atoms with Crippen molar-refractivity contribution in [1.29, 1.82) is 0 Å². The molecule has 17 heteroatoms. The van der Waals surface area contributed by atoms with Crippen molar-refractivity contribution in [2.75, 3.05) is 69.7 Å². The quantitative estimate of drug-likeness (QED) is 0.145. The van der Waals surface area contributed by atoms with E-state index in [1.807, 2.05) is 23.1 Å². The number of nitrogens with zero attached hydrogens (tertiary/aromatic N) is 7. The van der Waals surface area contributed by atoms with E-state index in [2.05, 4.69) is 26.4 Å². The highest BCUT2D eigenvalue weighted by molar-refractivity contribution is 6.34. The van der Waals surface area contributed by atoms with Gasteiger partial charge >= 0.3 is 6.03 Å². The largest absolute Gasteiger partial charge is 0.369 e. The van der Waals surface area contributed by atoms with Gasteiger partial charge in [-0.25, -0.2) is 18.0 Å². The maximum Gasteiger partial charge on any atom is 0.328 e. The van der Waals surface area contributed by atoms with Crippen LogP contribution in [0.15, 0.2) is 72.6 Å². The molecular weight excluding hydrogens is 871 g/mol. The number of aryl methyl sites for hydroxylation is 1. The Kier molecular flexibility index (Phi) is 12.8. The topological polar surface area (TPSA) is 130 Å². The second-order valence-corrected chi connectivity index (χ2v) is 18.0. The van der Waals surface area contributed by atoms with E-state index in [4.69, 9.17) is 11.6 Å². The molecule has 344 valence electrons. The number of carbonyl (C=O) groups is 4. The third kappa shape index (κ3) is 9.08. The van der Waals surface area contributed by atoms with Gasteiger partial charge in [-0.1, -0.05) is 35.4 Å². The van der Waals surface area contributed by atoms with Crippen molar-refractivity contribution >= 4 is 69.3 Å². The van der Waals surface area contributed by atoms with Gasteiger partial charge in [0.15, 0.2) is 17.5 Å². The summed E-state index contributed by atoms with van der Waals surface area (Å²) in [5, 5.41) is 7.19. The number of hydrogen-bond acceptors (Lipinski definition) is 7. The molecule has 0 bridgehead atoms. The van der Waals surface area contributed by atoms with Crippen LogP contribution in [0.3, 0.4) is 0 Å². The Balaban J connectivity index is 0.893. The molecule has 66 heavy (non-hydrogen) atoms. The first-order chi connectivity index (χ1) is 31.8. The van der Waals surface area contributed by atoms with Crippen LogP contribution in [0.4, 0.5) is 29.3 Å². The normalized spacial score (nSPS) is 17.6. The van der Waals surface area contributed by atoms with Gasteiger partial charge in [-0.05, 0) is 91.3 Å². The molecule has 4 aliphatic heterocycles. The van der Waals surface area contributed by atoms with Gasteiger partial charge in [0.1, 0.15) is 5.69 Å². The molecule has 0 unspecified atom stereocenters. The number of amides is 5. The molecule has 2 aromatic heterocycles. The van der Waals surface area contributed by atoms with Crippen LogP contribution in [-0.2, 0) is 16.1 Å². The Hall–Kier alpha value is -6.39. The van der Waals surface area contributed by atoms with Gasteiger partial charge in [0.2, 0.25) is 11.8 Å². The van der Waals surface area contributed by atoms with Gasteiger partial charge in [0.05, 0.1) is 21.9 Å². The van der Waals surface area contributed by atoms with Crippen LogP contribution >= 0.6 is 11.6 Å². The van der Waals surface area contributed by atoms with Gasteiger partial charge in [-0.15, -0.1) is 0 Å². The van der Waals surface area contributed by atoms with Crippen molar-refractivity contribution in [3.05, 3.63) is 112 Å². The zero-order valence-electron chi connectivity index (χ0n) is 36.9. The fraction of sp³-hybridized carbons (Fsp3) is 0.367. The number of anilines is 2. The van der Waals surface area contributed by atoms with Crippen molar-refractivity contribution in [1.82, 2.24) is 34.8 Å². The lowest BCUT2D eigenvalue weighted by atomic mass is 9.92. The number of aromatic amines is 1. The number of hydrogen-bond donors (Lipinski definition) is 2. The third-order valence-electron chi connectivity index (χ3n) is 13.3. The zero-order valence-corrected chi connectivity index (χ0v) is 37.6. The predicted molar refractivity (Wildman–Crippen MR) is 249 cm³/mol. The van der Waals surface area contributed by atoms with Crippen molar-refractivity contribution < 1.29 is 32.3 Å². The Bertz CT molecular complexity index is 2770. The lowest BCUT2D eigenvalue weighted by molar-refractivity contribution is -0.131. The Morgan fingerprint density at radius 1 is 0.879 bits per heavy atom. The molecule has 0 spiro atoms. The zero-order chi connectivity index (χ0) is 46.2. The van der Waals surface area contributed by atoms with E-state index in [-0.39, 0.29) is 82.8 Å². The molecule has 4 aliphatic rings. The summed E-state index contributed by atoms with van der Waals surface area (Å²) >= 11 is 6.46. The Morgan fingerprint density at radius 3 is 2.39 bits per heavy atom. The molecule has 3 fully saturated rings. The number of rotatable bonds is 10. The molecule has 3 saturated heterocycles. The molecule has 3 aromatic carbocycles. The van der Waals surface area contributed by atoms with Crippen LogP contribution in [0, 0.1) is 17.5 Å². The van der Waals surface area contributed by atoms with Gasteiger partial charge in [0.25, 0.3) is 5.91 Å². The van der Waals surface area contributed by atoms with Crippen LogP contribution in [0.25, 0.3) is 33.7 Å². The third-order valence-corrected chi connectivity index (χ3v) is 13.6. The molecule has 5 aromatic rings. The summed E-state index contributed by atoms with van der Waals surface area (Å²) in [6, 6.07) is 13.2. The summed E-state index contributed by atoms with van der Waals surface area (Å²) in [5.41, 5.74) is 3.85. The number of piperidine rings is 2. The van der Waals surface area contributed by atoms with E-state index in [9.17, 15) is 19.2 Å². The highest BCUT2D eigenvalue weighted by Crippen LogP contribution is 2.40. The molecule has 5 amide bonds. The van der Waals surface area contributed by atoms with Crippen LogP contribution in [0.1, 0.15) is 66.6 Å². The van der Waals surface area contributed by atoms with E-state index in [0.29, 0.717) is 48.9 Å². The highest BCUT2D eigenvalue weighted by atomic mass is 35.5. The molecule has 13 nitrogen and oxygen atoms in total. The van der Waals surface area contributed by atoms with Crippen LogP contribution < -0.4 is 15.1 Å². The number of likely N-dealkylation sites (tertiary alicyclic amines) is 1. The van der Waals surface area contributed by atoms with Gasteiger partial charge in [-0.2, -0.15) is 5.10 Å². The maximum absolute atomic E-state index is 16.6. The minimum Gasteiger partial charge on any atom is -0.369 e. The number of fused-ring (bicyclic) bond motifs is 1. The number of H-pyrrole nitrogens is 1. The first-order valence-electron chi connectivity index (χ1n) is 22.4. The number of aromatic nitrogens is 3. The van der Waals surface area contributed by atoms with Crippen molar-refractivity contribution in [2.24, 2.45) is 0 Å². The molecule has 9 rings (SSSR count). The number of nitrogens with one attached hydrogen (secondary N) is 2. The average Bonchev–Trinajstić information content (AvgIpc) is 4.02. The molecule has 6 heterocycles. The second-order valence-electron chi connectivity index (χ2n) is 17.6. The van der Waals surface area contributed by atoms with E-state index in [1.165, 1.54) is 33.6 Å². The number of urea groups is 1. The summed E-state index contributed by atoms with van der Waals surface area (Å²) in [5.74, 6) is -3.54. The maximum atomic E-state index is 16.6. The standard InChI is InChI=1S/C49H51ClF3N9O4/c1-57(2)48(65)39-28-37-36(27-35(45(52)47(37)55-39)32-5-3-17-60(29-32)43(64)15-23-61-18-4-16-54-61)34-7-9-40(46(53)44(34)51)59-21-12-33(13-22-59)58-19-10-30(11-20-58)25-31-6-8-38(50)41(26-31)62-24-14-42(63)56-49(62)66/h4-9,16,18,25-28,33,55H,3,10-15,17,19-24,29H2,1-2H3,(H,56,63,66). The summed E-state index contributed by atoms with van der Waals surface area (Å²) in [6.45, 7) is 4.04. The van der Waals surface area contributed by atoms with Gasteiger partial charge in [0, 0.05) is 114 Å². The molecule has 0 saturated carbocycles. The summed E-state index contributed by atoms with van der Waals surface area (Å²) < 4.78 is 51.3. The van der Waals surface area contributed by atoms with Crippen LogP contribution in [0.5, 0.6) is 0 Å². The fourth-order valence-corrected chi connectivity index (χ4v) is 9.89. The molecule has 2 N–H and O–H groups in total. The monoisotopic (exact) mass is 921 g/mol. The number of imide groups is 1. The van der Waals surface area contributed by atoms with Gasteiger partial charge in [-0.3, -0.25) is 34.2 Å². The average molecular weight is 922 g/mol. The number of halogens is 4. The van der Waals surface area contributed by atoms with E-state index < -0.39 is 29.4 Å². The highest BCUT2D eigenvalue weighted by Gasteiger charge is 2.31. The molecule has 0 atom stereocenters. The van der Waals surface area contributed by atoms with Crippen LogP contribution in [-0.4, -0.2) is 119 Å². The van der Waals surface area contributed by atoms with Gasteiger partial charge < -0.3 is 19.7 Å². The molecule has 0 aliphatic carbocycles. The van der Waals surface area contributed by atoms with Crippen molar-refractivity contribution in [2.45, 2.75) is 57.5 Å².